The second-order valence-corrected chi connectivity index (χ2v) is 3.71. The van der Waals surface area contributed by atoms with Crippen molar-refractivity contribution >= 4 is 28.7 Å². The second kappa shape index (κ2) is 2.85. The van der Waals surface area contributed by atoms with Crippen LogP contribution in [0.4, 0.5) is 0 Å². The van der Waals surface area contributed by atoms with Gasteiger partial charge in [-0.05, 0) is 39.8 Å². The Morgan fingerprint density at radius 1 is 1.27 bits per heavy atom. The maximum atomic E-state index is 3.29. The van der Waals surface area contributed by atoms with Gasteiger partial charge >= 0.3 is 0 Å². The van der Waals surface area contributed by atoms with Gasteiger partial charge in [0.25, 0.3) is 0 Å². The van der Waals surface area contributed by atoms with Crippen molar-refractivity contribution in [3.05, 3.63) is 39.1 Å². The lowest BCUT2D eigenvalue weighted by molar-refractivity contribution is 0.853. The molecule has 0 aromatic heterocycles. The first kappa shape index (κ1) is 7.16. The third-order valence-electron chi connectivity index (χ3n) is 1.79. The zero-order valence-electron chi connectivity index (χ0n) is 5.97. The molecule has 1 aliphatic rings. The fourth-order valence-electron chi connectivity index (χ4n) is 1.20. The molecule has 0 bridgehead atoms. The second-order valence-electron chi connectivity index (χ2n) is 2.54. The van der Waals surface area contributed by atoms with Gasteiger partial charge in [-0.3, -0.25) is 0 Å². The van der Waals surface area contributed by atoms with Crippen LogP contribution in [0.15, 0.2) is 28.0 Å². The Morgan fingerprint density at radius 2 is 2.09 bits per heavy atom. The normalized spacial score (nSPS) is 14.8. The summed E-state index contributed by atoms with van der Waals surface area (Å²) in [6.45, 7) is 0.963. The van der Waals surface area contributed by atoms with E-state index in [-0.39, 0.29) is 0 Å². The van der Waals surface area contributed by atoms with Gasteiger partial charge in [0.05, 0.1) is 3.70 Å². The molecular formula is C9H8IN. The fourth-order valence-corrected chi connectivity index (χ4v) is 1.73. The Bertz CT molecular complexity index is 304. The van der Waals surface area contributed by atoms with Crippen LogP contribution in [-0.4, -0.2) is 0 Å². The Labute approximate surface area is 79.6 Å². The first-order valence-corrected chi connectivity index (χ1v) is 4.63. The minimum absolute atomic E-state index is 0.963. The lowest BCUT2D eigenvalue weighted by Crippen LogP contribution is -2.13. The van der Waals surface area contributed by atoms with Gasteiger partial charge in [0.1, 0.15) is 0 Å². The Morgan fingerprint density at radius 3 is 3.00 bits per heavy atom. The molecule has 2 heteroatoms. The van der Waals surface area contributed by atoms with Crippen LogP contribution in [0, 0.1) is 0 Å². The molecule has 1 aromatic rings. The summed E-state index contributed by atoms with van der Waals surface area (Å²) in [4.78, 5) is 0. The molecule has 0 atom stereocenters. The predicted octanol–water partition coefficient (Wildman–Crippen LogP) is 2.52. The molecule has 0 spiro atoms. The van der Waals surface area contributed by atoms with E-state index >= 15 is 0 Å². The van der Waals surface area contributed by atoms with E-state index in [1.807, 2.05) is 0 Å². The maximum absolute atomic E-state index is 3.29. The molecule has 0 amide bonds. The average molecular weight is 257 g/mol. The smallest absolute Gasteiger partial charge is 0.0740 e. The summed E-state index contributed by atoms with van der Waals surface area (Å²) in [5, 5.41) is 3.29. The number of nitrogens with one attached hydrogen (secondary N) is 1. The van der Waals surface area contributed by atoms with Crippen molar-refractivity contribution in [2.45, 2.75) is 6.54 Å². The van der Waals surface area contributed by atoms with Gasteiger partial charge in [-0.15, -0.1) is 0 Å². The standard InChI is InChI=1S/C9H8IN/c10-9-5-7-3-1-2-4-8(7)6-11-9/h1-5,11H,6H2. The Hall–Kier alpha value is -0.510. The Balaban J connectivity index is 2.51. The topological polar surface area (TPSA) is 12.0 Å². The molecule has 11 heavy (non-hydrogen) atoms. The van der Waals surface area contributed by atoms with Crippen molar-refractivity contribution in [2.75, 3.05) is 0 Å². The van der Waals surface area contributed by atoms with E-state index in [4.69, 9.17) is 0 Å². The molecule has 0 radical (unpaired) electrons. The lowest BCUT2D eigenvalue weighted by Gasteiger charge is -2.14. The number of fused-ring (bicyclic) bond motifs is 1. The summed E-state index contributed by atoms with van der Waals surface area (Å²) >= 11 is 2.30. The molecule has 1 aromatic carbocycles. The summed E-state index contributed by atoms with van der Waals surface area (Å²) in [6, 6.07) is 8.45. The first-order chi connectivity index (χ1) is 5.36. The van der Waals surface area contributed by atoms with Crippen LogP contribution in [-0.2, 0) is 6.54 Å². The molecule has 1 nitrogen and oxygen atoms in total. The molecule has 1 aliphatic heterocycles. The molecule has 1 heterocycles. The van der Waals surface area contributed by atoms with E-state index < -0.39 is 0 Å². The highest BCUT2D eigenvalue weighted by atomic mass is 127. The van der Waals surface area contributed by atoms with Gasteiger partial charge in [-0.2, -0.15) is 0 Å². The highest BCUT2D eigenvalue weighted by Crippen LogP contribution is 2.19. The van der Waals surface area contributed by atoms with Crippen LogP contribution in [0.3, 0.4) is 0 Å². The van der Waals surface area contributed by atoms with Crippen LogP contribution in [0.2, 0.25) is 0 Å². The van der Waals surface area contributed by atoms with Gasteiger partial charge in [-0.25, -0.2) is 0 Å². The molecular weight excluding hydrogens is 249 g/mol. The van der Waals surface area contributed by atoms with E-state index in [0.29, 0.717) is 0 Å². The van der Waals surface area contributed by atoms with Gasteiger partial charge in [0.15, 0.2) is 0 Å². The summed E-state index contributed by atoms with van der Waals surface area (Å²) in [5.74, 6) is 0. The summed E-state index contributed by atoms with van der Waals surface area (Å²) in [7, 11) is 0. The van der Waals surface area contributed by atoms with Crippen molar-refractivity contribution in [3.8, 4) is 0 Å². The third kappa shape index (κ3) is 1.40. The highest BCUT2D eigenvalue weighted by Gasteiger charge is 2.04. The van der Waals surface area contributed by atoms with E-state index in [9.17, 15) is 0 Å². The zero-order valence-corrected chi connectivity index (χ0v) is 8.13. The van der Waals surface area contributed by atoms with Crippen molar-refractivity contribution in [3.63, 3.8) is 0 Å². The molecule has 1 N–H and O–H groups in total. The largest absolute Gasteiger partial charge is 0.376 e. The van der Waals surface area contributed by atoms with Crippen LogP contribution in [0.5, 0.6) is 0 Å². The number of benzene rings is 1. The van der Waals surface area contributed by atoms with Crippen molar-refractivity contribution in [2.24, 2.45) is 0 Å². The molecule has 2 rings (SSSR count). The summed E-state index contributed by atoms with van der Waals surface area (Å²) < 4.78 is 1.22. The van der Waals surface area contributed by atoms with Gasteiger partial charge in [-0.1, -0.05) is 24.3 Å². The average Bonchev–Trinajstić information content (AvgIpc) is 2.04. The minimum Gasteiger partial charge on any atom is -0.376 e. The maximum Gasteiger partial charge on any atom is 0.0740 e. The van der Waals surface area contributed by atoms with Crippen LogP contribution in [0.1, 0.15) is 11.1 Å². The summed E-state index contributed by atoms with van der Waals surface area (Å²) in [6.07, 6.45) is 2.17. The third-order valence-corrected chi connectivity index (χ3v) is 2.48. The zero-order chi connectivity index (χ0) is 7.68. The Kier molecular flexibility index (Phi) is 1.85. The van der Waals surface area contributed by atoms with E-state index in [1.165, 1.54) is 14.8 Å². The lowest BCUT2D eigenvalue weighted by atomic mass is 10.1. The summed E-state index contributed by atoms with van der Waals surface area (Å²) in [5.41, 5.74) is 2.73. The van der Waals surface area contributed by atoms with E-state index in [1.54, 1.807) is 0 Å². The van der Waals surface area contributed by atoms with Gasteiger partial charge in [0, 0.05) is 6.54 Å². The molecule has 56 valence electrons. The van der Waals surface area contributed by atoms with Crippen molar-refractivity contribution in [1.29, 1.82) is 0 Å². The van der Waals surface area contributed by atoms with Crippen LogP contribution in [0.25, 0.3) is 6.08 Å². The number of rotatable bonds is 0. The van der Waals surface area contributed by atoms with Crippen molar-refractivity contribution < 1.29 is 0 Å². The van der Waals surface area contributed by atoms with Crippen LogP contribution < -0.4 is 5.32 Å². The quantitative estimate of drug-likeness (QED) is 0.556. The molecule has 0 fully saturated rings. The highest BCUT2D eigenvalue weighted by molar-refractivity contribution is 14.1. The van der Waals surface area contributed by atoms with Gasteiger partial charge < -0.3 is 5.32 Å². The SMILES string of the molecule is IC1=Cc2ccccc2CN1. The molecule has 0 saturated carbocycles. The number of hydrogen-bond donors (Lipinski definition) is 1. The number of hydrogen-bond acceptors (Lipinski definition) is 1. The monoisotopic (exact) mass is 257 g/mol. The van der Waals surface area contributed by atoms with Gasteiger partial charge in [0.2, 0.25) is 0 Å². The fraction of sp³-hybridized carbons (Fsp3) is 0.111. The predicted molar refractivity (Wildman–Crippen MR) is 55.3 cm³/mol. The first-order valence-electron chi connectivity index (χ1n) is 3.55. The molecule has 0 unspecified atom stereocenters. The molecule has 0 saturated heterocycles. The molecule has 0 aliphatic carbocycles. The van der Waals surface area contributed by atoms with E-state index in [2.05, 4.69) is 58.2 Å². The minimum atomic E-state index is 0.963. The van der Waals surface area contributed by atoms with Crippen LogP contribution >= 0.6 is 22.6 Å². The number of halogens is 1. The van der Waals surface area contributed by atoms with E-state index in [0.717, 1.165) is 6.54 Å². The van der Waals surface area contributed by atoms with Crippen molar-refractivity contribution in [1.82, 2.24) is 5.32 Å².